The van der Waals surface area contributed by atoms with Gasteiger partial charge in [0.1, 0.15) is 22.4 Å². The number of hydrogen-bond acceptors (Lipinski definition) is 6. The molecule has 2 aromatic heterocycles. The number of amides is 2. The third kappa shape index (κ3) is 6.34. The first kappa shape index (κ1) is 25.9. The van der Waals surface area contributed by atoms with Crippen LogP contribution in [-0.2, 0) is 32.9 Å². The smallest absolute Gasteiger partial charge is 0.289 e. The van der Waals surface area contributed by atoms with Crippen molar-refractivity contribution in [1.29, 1.82) is 0 Å². The van der Waals surface area contributed by atoms with Crippen molar-refractivity contribution in [2.24, 2.45) is 0 Å². The minimum Gasteiger partial charge on any atom is -0.343 e. The van der Waals surface area contributed by atoms with Crippen LogP contribution in [0.3, 0.4) is 0 Å². The molecule has 0 aliphatic rings. The molecule has 1 atom stereocenters. The summed E-state index contributed by atoms with van der Waals surface area (Å²) in [5.41, 5.74) is 0.840. The van der Waals surface area contributed by atoms with Crippen LogP contribution < -0.4 is 10.6 Å². The molecule has 0 fully saturated rings. The average molecular weight is 520 g/mol. The van der Waals surface area contributed by atoms with Gasteiger partial charge in [0.2, 0.25) is 11.7 Å². The first-order chi connectivity index (χ1) is 17.7. The highest BCUT2D eigenvalue weighted by Crippen LogP contribution is 2.23. The van der Waals surface area contributed by atoms with E-state index >= 15 is 0 Å². The Bertz CT molecular complexity index is 1390. The Morgan fingerprint density at radius 2 is 1.86 bits per heavy atom. The second kappa shape index (κ2) is 11.3. The van der Waals surface area contributed by atoms with Crippen molar-refractivity contribution in [3.63, 3.8) is 0 Å². The number of nitrogens with one attached hydrogen (secondary N) is 2. The summed E-state index contributed by atoms with van der Waals surface area (Å²) in [6.07, 6.45) is 4.94. The predicted octanol–water partition coefficient (Wildman–Crippen LogP) is 3.49. The molecular weight excluding hydrogens is 493 g/mol. The molecule has 37 heavy (non-hydrogen) atoms. The minimum atomic E-state index is -1.21. The van der Waals surface area contributed by atoms with Gasteiger partial charge in [-0.3, -0.25) is 19.1 Å². The van der Waals surface area contributed by atoms with Crippen LogP contribution in [0.1, 0.15) is 24.4 Å². The summed E-state index contributed by atoms with van der Waals surface area (Å²) in [6, 6.07) is 14.1. The first-order valence-corrected chi connectivity index (χ1v) is 12.5. The van der Waals surface area contributed by atoms with Crippen molar-refractivity contribution in [3.8, 4) is 11.1 Å². The van der Waals surface area contributed by atoms with Gasteiger partial charge >= 0.3 is 0 Å². The van der Waals surface area contributed by atoms with Crippen LogP contribution in [0.4, 0.5) is 4.39 Å². The number of benzene rings is 2. The van der Waals surface area contributed by atoms with Crippen LogP contribution in [-0.4, -0.2) is 38.4 Å². The lowest BCUT2D eigenvalue weighted by atomic mass is 9.98. The van der Waals surface area contributed by atoms with Crippen LogP contribution in [0.15, 0.2) is 78.6 Å². The Kier molecular flexibility index (Phi) is 7.88. The van der Waals surface area contributed by atoms with Gasteiger partial charge in [0.15, 0.2) is 0 Å². The van der Waals surface area contributed by atoms with Crippen molar-refractivity contribution in [3.05, 3.63) is 95.0 Å². The largest absolute Gasteiger partial charge is 0.343 e. The van der Waals surface area contributed by atoms with E-state index < -0.39 is 29.2 Å². The van der Waals surface area contributed by atoms with E-state index in [1.165, 1.54) is 28.2 Å². The number of rotatable bonds is 10. The van der Waals surface area contributed by atoms with Gasteiger partial charge in [-0.2, -0.15) is 5.10 Å². The summed E-state index contributed by atoms with van der Waals surface area (Å²) in [5, 5.41) is 12.1. The standard InChI is InChI=1S/C27H26FN5O3S/c1-27(2,33-17-20(15-31-33)19-9-6-10-21(28)14-19)26(36)32-22(13-18-7-4-3-5-8-18)24(34)25(35)30-16-23-29-11-12-37-23/h3-12,14-15,17,22H,13,16H2,1-2H3,(H,30,35)(H,32,36)/t22-/m1/s1. The fraction of sp³-hybridized carbons (Fsp3) is 0.222. The van der Waals surface area contributed by atoms with Gasteiger partial charge in [-0.15, -0.1) is 11.3 Å². The summed E-state index contributed by atoms with van der Waals surface area (Å²) in [7, 11) is 0. The molecule has 0 aliphatic carbocycles. The van der Waals surface area contributed by atoms with Crippen LogP contribution in [0.5, 0.6) is 0 Å². The van der Waals surface area contributed by atoms with Crippen LogP contribution in [0.25, 0.3) is 11.1 Å². The normalized spacial score (nSPS) is 12.1. The number of hydrogen-bond donors (Lipinski definition) is 2. The van der Waals surface area contributed by atoms with E-state index in [9.17, 15) is 18.8 Å². The molecule has 0 bridgehead atoms. The molecule has 0 unspecified atom stereocenters. The molecule has 0 radical (unpaired) electrons. The zero-order valence-corrected chi connectivity index (χ0v) is 21.2. The molecule has 2 amide bonds. The maximum Gasteiger partial charge on any atom is 0.289 e. The zero-order valence-electron chi connectivity index (χ0n) is 20.3. The van der Waals surface area contributed by atoms with Crippen LogP contribution in [0.2, 0.25) is 0 Å². The lowest BCUT2D eigenvalue weighted by Gasteiger charge is -2.27. The van der Waals surface area contributed by atoms with Crippen molar-refractivity contribution >= 4 is 28.9 Å². The van der Waals surface area contributed by atoms with E-state index in [2.05, 4.69) is 20.7 Å². The quantitative estimate of drug-likeness (QED) is 0.312. The maximum absolute atomic E-state index is 13.7. The summed E-state index contributed by atoms with van der Waals surface area (Å²) in [5.74, 6) is -2.44. The SMILES string of the molecule is CC(C)(C(=O)N[C@H](Cc1ccccc1)C(=O)C(=O)NCc1nccs1)n1cc(-c2cccc(F)c2)cn1. The highest BCUT2D eigenvalue weighted by atomic mass is 32.1. The van der Waals surface area contributed by atoms with E-state index in [1.807, 2.05) is 30.3 Å². The van der Waals surface area contributed by atoms with Gasteiger partial charge in [-0.1, -0.05) is 42.5 Å². The van der Waals surface area contributed by atoms with Crippen molar-refractivity contribution in [1.82, 2.24) is 25.4 Å². The number of aromatic nitrogens is 3. The van der Waals surface area contributed by atoms with Crippen molar-refractivity contribution < 1.29 is 18.8 Å². The second-order valence-corrected chi connectivity index (χ2v) is 9.91. The van der Waals surface area contributed by atoms with Gasteiger partial charge in [-0.25, -0.2) is 9.37 Å². The molecule has 2 aromatic carbocycles. The molecule has 8 nitrogen and oxygen atoms in total. The summed E-state index contributed by atoms with van der Waals surface area (Å²) < 4.78 is 15.1. The number of nitrogens with zero attached hydrogens (tertiary/aromatic N) is 3. The molecular formula is C27H26FN5O3S. The molecule has 0 aliphatic heterocycles. The van der Waals surface area contributed by atoms with E-state index in [0.29, 0.717) is 16.1 Å². The van der Waals surface area contributed by atoms with Gasteiger partial charge < -0.3 is 10.6 Å². The Morgan fingerprint density at radius 3 is 2.57 bits per heavy atom. The summed E-state index contributed by atoms with van der Waals surface area (Å²) in [4.78, 5) is 43.3. The third-order valence-electron chi connectivity index (χ3n) is 5.88. The van der Waals surface area contributed by atoms with Crippen molar-refractivity contribution in [2.45, 2.75) is 38.4 Å². The molecule has 0 saturated heterocycles. The highest BCUT2D eigenvalue weighted by Gasteiger charge is 2.35. The molecule has 2 N–H and O–H groups in total. The Hall–Kier alpha value is -4.18. The summed E-state index contributed by atoms with van der Waals surface area (Å²) in [6.45, 7) is 3.42. The van der Waals surface area contributed by atoms with Crippen LogP contribution in [0, 0.1) is 5.82 Å². The number of thiazole rings is 1. The number of carbonyl (C=O) groups excluding carboxylic acids is 3. The molecule has 0 spiro atoms. The number of carbonyl (C=O) groups is 3. The van der Waals surface area contributed by atoms with E-state index in [1.54, 1.807) is 50.0 Å². The minimum absolute atomic E-state index is 0.121. The fourth-order valence-electron chi connectivity index (χ4n) is 3.69. The van der Waals surface area contributed by atoms with Crippen molar-refractivity contribution in [2.75, 3.05) is 0 Å². The maximum atomic E-state index is 13.7. The van der Waals surface area contributed by atoms with Gasteiger partial charge in [0.25, 0.3) is 5.91 Å². The predicted molar refractivity (Wildman–Crippen MR) is 138 cm³/mol. The topological polar surface area (TPSA) is 106 Å². The summed E-state index contributed by atoms with van der Waals surface area (Å²) >= 11 is 1.36. The van der Waals surface area contributed by atoms with E-state index in [-0.39, 0.29) is 18.8 Å². The van der Waals surface area contributed by atoms with Gasteiger partial charge in [0.05, 0.1) is 12.7 Å². The fourth-order valence-corrected chi connectivity index (χ4v) is 4.24. The second-order valence-electron chi connectivity index (χ2n) is 8.93. The van der Waals surface area contributed by atoms with E-state index in [0.717, 1.165) is 5.56 Å². The average Bonchev–Trinajstić information content (AvgIpc) is 3.60. The monoisotopic (exact) mass is 519 g/mol. The Labute approximate surface area is 217 Å². The third-order valence-corrected chi connectivity index (χ3v) is 6.66. The number of halogens is 1. The highest BCUT2D eigenvalue weighted by molar-refractivity contribution is 7.09. The first-order valence-electron chi connectivity index (χ1n) is 11.6. The molecule has 0 saturated carbocycles. The molecule has 190 valence electrons. The lowest BCUT2D eigenvalue weighted by Crippen LogP contribution is -2.54. The zero-order chi connectivity index (χ0) is 26.4. The number of Topliss-reactive ketones (excluding diaryl/α,β-unsaturated/α-hetero) is 1. The Morgan fingerprint density at radius 1 is 1.08 bits per heavy atom. The number of ketones is 1. The van der Waals surface area contributed by atoms with Crippen LogP contribution >= 0.6 is 11.3 Å². The molecule has 10 heteroatoms. The van der Waals surface area contributed by atoms with E-state index in [4.69, 9.17) is 0 Å². The Balaban J connectivity index is 1.51. The molecule has 4 aromatic rings. The van der Waals surface area contributed by atoms with Gasteiger partial charge in [-0.05, 0) is 37.1 Å². The lowest BCUT2D eigenvalue weighted by molar-refractivity contribution is -0.141. The molecule has 4 rings (SSSR count). The molecule has 2 heterocycles. The van der Waals surface area contributed by atoms with Gasteiger partial charge in [0, 0.05) is 29.8 Å².